The van der Waals surface area contributed by atoms with E-state index in [-0.39, 0.29) is 16.7 Å². The molecule has 0 bridgehead atoms. The summed E-state index contributed by atoms with van der Waals surface area (Å²) in [7, 11) is -3.71. The number of amides is 1. The van der Waals surface area contributed by atoms with Crippen LogP contribution in [-0.4, -0.2) is 26.4 Å². The zero-order chi connectivity index (χ0) is 19.4. The number of benzene rings is 2. The van der Waals surface area contributed by atoms with Gasteiger partial charge in [0.2, 0.25) is 0 Å². The normalized spacial score (nSPS) is 13.9. The van der Waals surface area contributed by atoms with Gasteiger partial charge in [0.1, 0.15) is 0 Å². The van der Waals surface area contributed by atoms with Crippen LogP contribution in [0.1, 0.15) is 31.1 Å². The zero-order valence-electron chi connectivity index (χ0n) is 15.2. The second kappa shape index (κ2) is 7.88. The second-order valence-corrected chi connectivity index (χ2v) is 8.41. The van der Waals surface area contributed by atoms with Crippen LogP contribution in [0.4, 0.5) is 5.69 Å². The third kappa shape index (κ3) is 4.62. The number of carbonyl (C=O) groups excluding carboxylic acids is 1. The SMILES string of the molecule is CC(C)C(C)(CN)NC(=O)c1ccc(S(=O)(=O)Nc2ccccc2)cc1. The van der Waals surface area contributed by atoms with Gasteiger partial charge in [-0.1, -0.05) is 32.0 Å². The number of anilines is 1. The van der Waals surface area contributed by atoms with E-state index in [1.807, 2.05) is 20.8 Å². The lowest BCUT2D eigenvalue weighted by Gasteiger charge is -2.33. The minimum Gasteiger partial charge on any atom is -0.345 e. The Morgan fingerprint density at radius 1 is 1.08 bits per heavy atom. The van der Waals surface area contributed by atoms with Crippen LogP contribution < -0.4 is 15.8 Å². The topological polar surface area (TPSA) is 101 Å². The van der Waals surface area contributed by atoms with E-state index in [2.05, 4.69) is 10.0 Å². The van der Waals surface area contributed by atoms with E-state index >= 15 is 0 Å². The van der Waals surface area contributed by atoms with E-state index in [1.165, 1.54) is 24.3 Å². The molecule has 0 saturated carbocycles. The van der Waals surface area contributed by atoms with E-state index in [1.54, 1.807) is 30.3 Å². The zero-order valence-corrected chi connectivity index (χ0v) is 16.0. The summed E-state index contributed by atoms with van der Waals surface area (Å²) in [6.45, 7) is 6.16. The van der Waals surface area contributed by atoms with Crippen LogP contribution in [0.2, 0.25) is 0 Å². The smallest absolute Gasteiger partial charge is 0.261 e. The highest BCUT2D eigenvalue weighted by Crippen LogP contribution is 2.18. The number of carbonyl (C=O) groups is 1. The van der Waals surface area contributed by atoms with Crippen LogP contribution in [0.3, 0.4) is 0 Å². The first kappa shape index (κ1) is 19.9. The van der Waals surface area contributed by atoms with Gasteiger partial charge in [-0.3, -0.25) is 9.52 Å². The molecule has 0 fully saturated rings. The Bertz CT molecular complexity index is 849. The van der Waals surface area contributed by atoms with Crippen LogP contribution in [0.25, 0.3) is 0 Å². The molecule has 0 aliphatic heterocycles. The van der Waals surface area contributed by atoms with E-state index in [9.17, 15) is 13.2 Å². The van der Waals surface area contributed by atoms with Crippen molar-refractivity contribution in [3.63, 3.8) is 0 Å². The summed E-state index contributed by atoms with van der Waals surface area (Å²) in [6, 6.07) is 14.4. The van der Waals surface area contributed by atoms with E-state index in [0.717, 1.165) is 0 Å². The van der Waals surface area contributed by atoms with Crippen LogP contribution in [-0.2, 0) is 10.0 Å². The Morgan fingerprint density at radius 3 is 2.15 bits per heavy atom. The van der Waals surface area contributed by atoms with Gasteiger partial charge in [-0.15, -0.1) is 0 Å². The maximum atomic E-state index is 12.4. The highest BCUT2D eigenvalue weighted by Gasteiger charge is 2.29. The van der Waals surface area contributed by atoms with Gasteiger partial charge < -0.3 is 11.1 Å². The summed E-state index contributed by atoms with van der Waals surface area (Å²) in [5.74, 6) is -0.127. The van der Waals surface area contributed by atoms with Gasteiger partial charge in [-0.05, 0) is 49.2 Å². The van der Waals surface area contributed by atoms with Crippen molar-refractivity contribution in [3.05, 3.63) is 60.2 Å². The molecule has 0 spiro atoms. The molecule has 0 aromatic heterocycles. The van der Waals surface area contributed by atoms with Crippen molar-refractivity contribution in [2.24, 2.45) is 11.7 Å². The number of sulfonamides is 1. The molecule has 140 valence electrons. The molecule has 26 heavy (non-hydrogen) atoms. The fourth-order valence-corrected chi connectivity index (χ4v) is 3.33. The third-order valence-electron chi connectivity index (χ3n) is 4.55. The monoisotopic (exact) mass is 375 g/mol. The summed E-state index contributed by atoms with van der Waals surface area (Å²) in [5.41, 5.74) is 6.11. The first-order chi connectivity index (χ1) is 12.2. The number of nitrogens with one attached hydrogen (secondary N) is 2. The van der Waals surface area contributed by atoms with E-state index < -0.39 is 15.6 Å². The molecule has 2 rings (SSSR count). The first-order valence-corrected chi connectivity index (χ1v) is 9.87. The summed E-state index contributed by atoms with van der Waals surface area (Å²) in [5, 5.41) is 2.93. The van der Waals surface area contributed by atoms with Crippen molar-refractivity contribution >= 4 is 21.6 Å². The van der Waals surface area contributed by atoms with Crippen LogP contribution in [0, 0.1) is 5.92 Å². The summed E-state index contributed by atoms with van der Waals surface area (Å²) < 4.78 is 27.3. The number of hydrogen-bond donors (Lipinski definition) is 3. The Kier molecular flexibility index (Phi) is 6.05. The average Bonchev–Trinajstić information content (AvgIpc) is 2.62. The predicted octanol–water partition coefficient (Wildman–Crippen LogP) is 2.59. The average molecular weight is 375 g/mol. The Balaban J connectivity index is 2.16. The molecule has 0 aliphatic rings. The Hall–Kier alpha value is -2.38. The maximum Gasteiger partial charge on any atom is 0.261 e. The minimum absolute atomic E-state index is 0.0864. The molecule has 4 N–H and O–H groups in total. The molecule has 6 nitrogen and oxygen atoms in total. The number of hydrogen-bond acceptors (Lipinski definition) is 4. The van der Waals surface area contributed by atoms with Crippen LogP contribution in [0.15, 0.2) is 59.5 Å². The largest absolute Gasteiger partial charge is 0.345 e. The van der Waals surface area contributed by atoms with Crippen molar-refractivity contribution in [3.8, 4) is 0 Å². The summed E-state index contributed by atoms with van der Waals surface area (Å²) >= 11 is 0. The number of para-hydroxylation sites is 1. The van der Waals surface area contributed by atoms with Gasteiger partial charge >= 0.3 is 0 Å². The van der Waals surface area contributed by atoms with Gasteiger partial charge in [0.05, 0.1) is 10.4 Å². The van der Waals surface area contributed by atoms with Crippen LogP contribution in [0.5, 0.6) is 0 Å². The molecule has 0 radical (unpaired) electrons. The lowest BCUT2D eigenvalue weighted by Crippen LogP contribution is -2.55. The lowest BCUT2D eigenvalue weighted by atomic mass is 9.88. The molecule has 1 unspecified atom stereocenters. The maximum absolute atomic E-state index is 12.4. The number of rotatable bonds is 7. The number of nitrogens with two attached hydrogens (primary N) is 1. The van der Waals surface area contributed by atoms with Crippen molar-refractivity contribution in [1.29, 1.82) is 0 Å². The molecular formula is C19H25N3O3S. The molecule has 2 aromatic carbocycles. The van der Waals surface area contributed by atoms with Gasteiger partial charge in [-0.25, -0.2) is 8.42 Å². The molecule has 1 amide bonds. The lowest BCUT2D eigenvalue weighted by molar-refractivity contribution is 0.0883. The molecule has 0 heterocycles. The minimum atomic E-state index is -3.71. The molecule has 0 aliphatic carbocycles. The van der Waals surface area contributed by atoms with Crippen molar-refractivity contribution < 1.29 is 13.2 Å². The molecule has 7 heteroatoms. The molecular weight excluding hydrogens is 350 g/mol. The van der Waals surface area contributed by atoms with E-state index in [0.29, 0.717) is 17.8 Å². The second-order valence-electron chi connectivity index (χ2n) is 6.73. The third-order valence-corrected chi connectivity index (χ3v) is 5.95. The van der Waals surface area contributed by atoms with Crippen molar-refractivity contribution in [1.82, 2.24) is 5.32 Å². The van der Waals surface area contributed by atoms with E-state index in [4.69, 9.17) is 5.73 Å². The quantitative estimate of drug-likeness (QED) is 0.692. The summed E-state index contributed by atoms with van der Waals surface area (Å²) in [4.78, 5) is 12.5. The summed E-state index contributed by atoms with van der Waals surface area (Å²) in [6.07, 6.45) is 0. The molecule has 1 atom stereocenters. The highest BCUT2D eigenvalue weighted by atomic mass is 32.2. The molecule has 2 aromatic rings. The first-order valence-electron chi connectivity index (χ1n) is 8.38. The Morgan fingerprint density at radius 2 is 1.65 bits per heavy atom. The van der Waals surface area contributed by atoms with Gasteiger partial charge in [0.15, 0.2) is 0 Å². The molecule has 0 saturated heterocycles. The predicted molar refractivity (Wildman–Crippen MR) is 103 cm³/mol. The fraction of sp³-hybridized carbons (Fsp3) is 0.316. The standard InChI is InChI=1S/C19H25N3O3S/c1-14(2)19(3,13-20)21-18(23)15-9-11-17(12-10-15)26(24,25)22-16-7-5-4-6-8-16/h4-12,14,22H,13,20H2,1-3H3,(H,21,23). The highest BCUT2D eigenvalue weighted by molar-refractivity contribution is 7.92. The van der Waals surface area contributed by atoms with Gasteiger partial charge in [0.25, 0.3) is 15.9 Å². The fourth-order valence-electron chi connectivity index (χ4n) is 2.27. The van der Waals surface area contributed by atoms with Gasteiger partial charge in [0, 0.05) is 17.8 Å². The van der Waals surface area contributed by atoms with Crippen molar-refractivity contribution in [2.45, 2.75) is 31.2 Å². The van der Waals surface area contributed by atoms with Crippen molar-refractivity contribution in [2.75, 3.05) is 11.3 Å². The van der Waals surface area contributed by atoms with Crippen LogP contribution >= 0.6 is 0 Å². The van der Waals surface area contributed by atoms with Gasteiger partial charge in [-0.2, -0.15) is 0 Å². The Labute approximate surface area is 154 Å².